The van der Waals surface area contributed by atoms with Crippen LogP contribution in [0.3, 0.4) is 0 Å². The minimum atomic E-state index is -0.173. The zero-order valence-electron chi connectivity index (χ0n) is 16.9. The fourth-order valence-electron chi connectivity index (χ4n) is 3.77. The molecule has 9 nitrogen and oxygen atoms in total. The van der Waals surface area contributed by atoms with E-state index in [1.807, 2.05) is 0 Å². The molecule has 158 valence electrons. The molecule has 0 radical (unpaired) electrons. The van der Waals surface area contributed by atoms with Gasteiger partial charge in [-0.3, -0.25) is 14.4 Å². The molecule has 3 heterocycles. The van der Waals surface area contributed by atoms with E-state index in [-0.39, 0.29) is 30.3 Å². The highest BCUT2D eigenvalue weighted by atomic mass is 16.7. The summed E-state index contributed by atoms with van der Waals surface area (Å²) in [7, 11) is 0. The number of aromatic nitrogens is 1. The first kappa shape index (κ1) is 19.9. The van der Waals surface area contributed by atoms with E-state index in [0.29, 0.717) is 53.7 Å². The van der Waals surface area contributed by atoms with Crippen molar-refractivity contribution >= 4 is 23.3 Å². The lowest BCUT2D eigenvalue weighted by Gasteiger charge is -2.31. The fraction of sp³-hybridized carbons (Fsp3) is 0.429. The molecular weight excluding hydrogens is 390 g/mol. The molecule has 2 aromatic rings. The minimum Gasteiger partial charge on any atom is -0.454 e. The van der Waals surface area contributed by atoms with E-state index in [4.69, 9.17) is 14.0 Å². The van der Waals surface area contributed by atoms with Gasteiger partial charge in [0.15, 0.2) is 23.0 Å². The average Bonchev–Trinajstić information content (AvgIpc) is 3.35. The maximum Gasteiger partial charge on any atom is 0.276 e. The Kier molecular flexibility index (Phi) is 5.43. The summed E-state index contributed by atoms with van der Waals surface area (Å²) in [4.78, 5) is 38.7. The smallest absolute Gasteiger partial charge is 0.276 e. The molecule has 0 spiro atoms. The van der Waals surface area contributed by atoms with Crippen molar-refractivity contribution in [3.63, 3.8) is 0 Å². The van der Waals surface area contributed by atoms with Crippen molar-refractivity contribution in [1.82, 2.24) is 10.1 Å². The second-order valence-corrected chi connectivity index (χ2v) is 7.62. The number of amides is 2. The molecule has 0 saturated carbocycles. The molecule has 0 aliphatic carbocycles. The van der Waals surface area contributed by atoms with E-state index in [1.165, 1.54) is 6.92 Å². The molecule has 2 amide bonds. The van der Waals surface area contributed by atoms with E-state index >= 15 is 0 Å². The Morgan fingerprint density at radius 1 is 1.13 bits per heavy atom. The van der Waals surface area contributed by atoms with Crippen LogP contribution in [0, 0.1) is 12.8 Å². The maximum absolute atomic E-state index is 12.6. The van der Waals surface area contributed by atoms with Gasteiger partial charge in [-0.25, -0.2) is 0 Å². The van der Waals surface area contributed by atoms with Gasteiger partial charge in [-0.05, 0) is 38.7 Å². The third-order valence-electron chi connectivity index (χ3n) is 5.39. The maximum atomic E-state index is 12.6. The van der Waals surface area contributed by atoms with Crippen LogP contribution < -0.4 is 14.8 Å². The van der Waals surface area contributed by atoms with Crippen LogP contribution in [0.25, 0.3) is 0 Å². The lowest BCUT2D eigenvalue weighted by molar-refractivity contribution is -0.117. The Balaban J connectivity index is 1.33. The van der Waals surface area contributed by atoms with Crippen LogP contribution in [0.4, 0.5) is 5.69 Å². The van der Waals surface area contributed by atoms with Crippen LogP contribution in [-0.4, -0.2) is 47.5 Å². The number of likely N-dealkylation sites (tertiary alicyclic amines) is 1. The van der Waals surface area contributed by atoms with Crippen LogP contribution in [0.2, 0.25) is 0 Å². The van der Waals surface area contributed by atoms with Crippen LogP contribution in [0.15, 0.2) is 22.7 Å². The molecule has 1 N–H and O–H groups in total. The number of carbonyl (C=O) groups excluding carboxylic acids is 3. The Bertz CT molecular complexity index is 991. The van der Waals surface area contributed by atoms with Gasteiger partial charge in [-0.2, -0.15) is 0 Å². The normalized spacial score (nSPS) is 15.9. The average molecular weight is 413 g/mol. The number of aryl methyl sites for hydroxylation is 1. The molecule has 1 saturated heterocycles. The van der Waals surface area contributed by atoms with Crippen molar-refractivity contribution in [2.24, 2.45) is 5.92 Å². The van der Waals surface area contributed by atoms with Crippen molar-refractivity contribution < 1.29 is 28.4 Å². The molecule has 2 aliphatic rings. The highest BCUT2D eigenvalue weighted by molar-refractivity contribution is 6.04. The Labute approximate surface area is 173 Å². The number of anilines is 1. The quantitative estimate of drug-likeness (QED) is 0.750. The number of ether oxygens (including phenoxy) is 2. The topological polar surface area (TPSA) is 111 Å². The monoisotopic (exact) mass is 413 g/mol. The van der Waals surface area contributed by atoms with Gasteiger partial charge in [-0.15, -0.1) is 0 Å². The van der Waals surface area contributed by atoms with Crippen LogP contribution in [0.5, 0.6) is 11.5 Å². The summed E-state index contributed by atoms with van der Waals surface area (Å²) in [5.74, 6) is 1.26. The minimum absolute atomic E-state index is 0.0925. The summed E-state index contributed by atoms with van der Waals surface area (Å²) in [5.41, 5.74) is 1.12. The molecule has 1 fully saturated rings. The number of hydrogen-bond donors (Lipinski definition) is 1. The number of piperidine rings is 1. The first-order chi connectivity index (χ1) is 14.4. The van der Waals surface area contributed by atoms with Gasteiger partial charge in [0.2, 0.25) is 12.7 Å². The number of Topliss-reactive ketones (excluding diaryl/α,β-unsaturated/α-hetero) is 1. The molecule has 30 heavy (non-hydrogen) atoms. The zero-order valence-corrected chi connectivity index (χ0v) is 16.9. The van der Waals surface area contributed by atoms with Gasteiger partial charge >= 0.3 is 0 Å². The molecule has 1 aromatic heterocycles. The number of hydrogen-bond acceptors (Lipinski definition) is 7. The SMILES string of the molecule is CC(=O)c1cc2c(cc1NC(=O)CC1CCN(C(=O)c3cc(C)on3)CC1)OCO2. The second-order valence-electron chi connectivity index (χ2n) is 7.62. The van der Waals surface area contributed by atoms with Crippen LogP contribution >= 0.6 is 0 Å². The van der Waals surface area contributed by atoms with Gasteiger partial charge in [0.25, 0.3) is 5.91 Å². The molecule has 0 bridgehead atoms. The van der Waals surface area contributed by atoms with E-state index in [2.05, 4.69) is 10.5 Å². The number of rotatable bonds is 5. The standard InChI is InChI=1S/C21H23N3O6/c1-12-7-17(23-30-12)21(27)24-5-3-14(4-6-24)8-20(26)22-16-10-19-18(28-11-29-19)9-15(16)13(2)25/h7,9-10,14H,3-6,8,11H2,1-2H3,(H,22,26). The van der Waals surface area contributed by atoms with Gasteiger partial charge in [0.1, 0.15) is 5.76 Å². The van der Waals surface area contributed by atoms with Crippen molar-refractivity contribution in [3.8, 4) is 11.5 Å². The predicted molar refractivity (Wildman–Crippen MR) is 106 cm³/mol. The summed E-state index contributed by atoms with van der Waals surface area (Å²) in [5, 5.41) is 6.61. The van der Waals surface area contributed by atoms with E-state index in [1.54, 1.807) is 30.0 Å². The van der Waals surface area contributed by atoms with E-state index in [9.17, 15) is 14.4 Å². The largest absolute Gasteiger partial charge is 0.454 e. The van der Waals surface area contributed by atoms with Crippen molar-refractivity contribution in [1.29, 1.82) is 0 Å². The summed E-state index contributed by atoms with van der Waals surface area (Å²) < 4.78 is 15.6. The van der Waals surface area contributed by atoms with E-state index < -0.39 is 0 Å². The van der Waals surface area contributed by atoms with Gasteiger partial charge < -0.3 is 24.2 Å². The molecule has 0 unspecified atom stereocenters. The third kappa shape index (κ3) is 4.14. The number of carbonyl (C=O) groups is 3. The van der Waals surface area contributed by atoms with E-state index in [0.717, 1.165) is 12.8 Å². The Hall–Kier alpha value is -3.36. The van der Waals surface area contributed by atoms with Crippen LogP contribution in [-0.2, 0) is 4.79 Å². The zero-order chi connectivity index (χ0) is 21.3. The molecule has 2 aliphatic heterocycles. The Morgan fingerprint density at radius 3 is 2.47 bits per heavy atom. The predicted octanol–water partition coefficient (Wildman–Crippen LogP) is 2.80. The molecule has 0 atom stereocenters. The second kappa shape index (κ2) is 8.17. The summed E-state index contributed by atoms with van der Waals surface area (Å²) in [6.07, 6.45) is 1.75. The lowest BCUT2D eigenvalue weighted by Crippen LogP contribution is -2.39. The van der Waals surface area contributed by atoms with Crippen molar-refractivity contribution in [3.05, 3.63) is 35.2 Å². The number of fused-ring (bicyclic) bond motifs is 1. The molecule has 1 aromatic carbocycles. The third-order valence-corrected chi connectivity index (χ3v) is 5.39. The van der Waals surface area contributed by atoms with Gasteiger partial charge in [0, 0.05) is 37.2 Å². The highest BCUT2D eigenvalue weighted by Crippen LogP contribution is 2.37. The first-order valence-electron chi connectivity index (χ1n) is 9.87. The first-order valence-corrected chi connectivity index (χ1v) is 9.87. The number of nitrogens with one attached hydrogen (secondary N) is 1. The number of benzene rings is 1. The molecule has 9 heteroatoms. The lowest BCUT2D eigenvalue weighted by atomic mass is 9.93. The van der Waals surface area contributed by atoms with Gasteiger partial charge in [0.05, 0.1) is 5.69 Å². The van der Waals surface area contributed by atoms with Gasteiger partial charge in [-0.1, -0.05) is 5.16 Å². The summed E-state index contributed by atoms with van der Waals surface area (Å²) in [6, 6.07) is 4.84. The summed E-state index contributed by atoms with van der Waals surface area (Å²) >= 11 is 0. The van der Waals surface area contributed by atoms with Crippen molar-refractivity contribution in [2.75, 3.05) is 25.2 Å². The molecule has 4 rings (SSSR count). The Morgan fingerprint density at radius 2 is 1.83 bits per heavy atom. The summed E-state index contributed by atoms with van der Waals surface area (Å²) in [6.45, 7) is 4.40. The number of ketones is 1. The van der Waals surface area contributed by atoms with Crippen LogP contribution in [0.1, 0.15) is 52.8 Å². The highest BCUT2D eigenvalue weighted by Gasteiger charge is 2.27. The number of nitrogens with zero attached hydrogens (tertiary/aromatic N) is 2. The fourth-order valence-corrected chi connectivity index (χ4v) is 3.77. The van der Waals surface area contributed by atoms with Crippen molar-refractivity contribution in [2.45, 2.75) is 33.1 Å². The molecular formula is C21H23N3O6.